The number of carbonyl (C=O) groups is 1. The summed E-state index contributed by atoms with van der Waals surface area (Å²) in [4.78, 5) is 11.6. The number of rotatable bonds is 6. The van der Waals surface area contributed by atoms with Crippen LogP contribution >= 0.6 is 0 Å². The molecule has 25 heavy (non-hydrogen) atoms. The number of nitrogen functional groups attached to an aromatic ring is 1. The summed E-state index contributed by atoms with van der Waals surface area (Å²) in [5, 5.41) is 10.5. The molecule has 0 aliphatic heterocycles. The third-order valence-corrected chi connectivity index (χ3v) is 3.72. The van der Waals surface area contributed by atoms with Crippen molar-refractivity contribution in [1.82, 2.24) is 15.5 Å². The number of nitrogens with one attached hydrogen (secondary N) is 2. The Morgan fingerprint density at radius 2 is 2.08 bits per heavy atom. The molecule has 128 valence electrons. The molecule has 1 aromatic heterocycles. The SMILES string of the molecule is Nc1n[nH]c2cc(C=CCCNC(=O)OCc3ccccc3)ccc12. The second kappa shape index (κ2) is 8.01. The van der Waals surface area contributed by atoms with Crippen molar-refractivity contribution >= 4 is 28.9 Å². The monoisotopic (exact) mass is 336 g/mol. The first-order valence-corrected chi connectivity index (χ1v) is 8.07. The number of fused-ring (bicyclic) bond motifs is 1. The number of amides is 1. The third kappa shape index (κ3) is 4.60. The Bertz CT molecular complexity index is 872. The first-order valence-electron chi connectivity index (χ1n) is 8.07. The van der Waals surface area contributed by atoms with Gasteiger partial charge in [-0.1, -0.05) is 48.6 Å². The Morgan fingerprint density at radius 3 is 2.92 bits per heavy atom. The molecule has 0 unspecified atom stereocenters. The van der Waals surface area contributed by atoms with Gasteiger partial charge in [0.1, 0.15) is 6.61 Å². The number of anilines is 1. The second-order valence-corrected chi connectivity index (χ2v) is 5.59. The van der Waals surface area contributed by atoms with Gasteiger partial charge in [-0.25, -0.2) is 4.79 Å². The molecule has 0 saturated carbocycles. The standard InChI is InChI=1S/C19H20N4O2/c20-18-16-10-9-14(12-17(16)22-23-18)6-4-5-11-21-19(24)25-13-15-7-2-1-3-8-15/h1-4,6-10,12H,5,11,13H2,(H,21,24)(H3,20,22,23). The van der Waals surface area contributed by atoms with Crippen molar-refractivity contribution in [1.29, 1.82) is 0 Å². The van der Waals surface area contributed by atoms with E-state index in [1.165, 1.54) is 0 Å². The second-order valence-electron chi connectivity index (χ2n) is 5.59. The minimum absolute atomic E-state index is 0.274. The fourth-order valence-corrected chi connectivity index (χ4v) is 2.41. The lowest BCUT2D eigenvalue weighted by Gasteiger charge is -2.05. The topological polar surface area (TPSA) is 93.0 Å². The summed E-state index contributed by atoms with van der Waals surface area (Å²) in [7, 11) is 0. The van der Waals surface area contributed by atoms with Gasteiger partial charge in [0.25, 0.3) is 0 Å². The maximum atomic E-state index is 11.6. The minimum Gasteiger partial charge on any atom is -0.445 e. The highest BCUT2D eigenvalue weighted by Crippen LogP contribution is 2.19. The maximum absolute atomic E-state index is 11.6. The van der Waals surface area contributed by atoms with Crippen LogP contribution in [0.15, 0.2) is 54.6 Å². The number of alkyl carbamates (subject to hydrolysis) is 1. The Morgan fingerprint density at radius 1 is 1.24 bits per heavy atom. The molecular weight excluding hydrogens is 316 g/mol. The van der Waals surface area contributed by atoms with Gasteiger partial charge in [-0.2, -0.15) is 5.10 Å². The zero-order valence-corrected chi connectivity index (χ0v) is 13.7. The lowest BCUT2D eigenvalue weighted by Crippen LogP contribution is -2.24. The molecule has 3 aromatic rings. The molecule has 2 aromatic carbocycles. The number of nitrogens with two attached hydrogens (primary N) is 1. The van der Waals surface area contributed by atoms with E-state index >= 15 is 0 Å². The summed E-state index contributed by atoms with van der Waals surface area (Å²) < 4.78 is 5.15. The smallest absolute Gasteiger partial charge is 0.407 e. The normalized spacial score (nSPS) is 11.0. The van der Waals surface area contributed by atoms with Crippen molar-refractivity contribution in [3.05, 3.63) is 65.7 Å². The average Bonchev–Trinajstić information content (AvgIpc) is 3.01. The molecular formula is C19H20N4O2. The van der Waals surface area contributed by atoms with Crippen molar-refractivity contribution in [2.75, 3.05) is 12.3 Å². The third-order valence-electron chi connectivity index (χ3n) is 3.72. The predicted octanol–water partition coefficient (Wildman–Crippen LogP) is 3.47. The molecule has 1 amide bonds. The number of nitrogens with zero attached hydrogens (tertiary/aromatic N) is 1. The average molecular weight is 336 g/mol. The van der Waals surface area contributed by atoms with Gasteiger partial charge >= 0.3 is 6.09 Å². The first kappa shape index (κ1) is 16.6. The summed E-state index contributed by atoms with van der Waals surface area (Å²) in [6.07, 6.45) is 4.29. The molecule has 1 heterocycles. The van der Waals surface area contributed by atoms with Crippen LogP contribution in [0.5, 0.6) is 0 Å². The highest BCUT2D eigenvalue weighted by atomic mass is 16.5. The summed E-state index contributed by atoms with van der Waals surface area (Å²) in [6.45, 7) is 0.791. The van der Waals surface area contributed by atoms with Crippen molar-refractivity contribution < 1.29 is 9.53 Å². The van der Waals surface area contributed by atoms with E-state index in [0.717, 1.165) is 22.0 Å². The number of ether oxygens (including phenoxy) is 1. The fraction of sp³-hybridized carbons (Fsp3) is 0.158. The number of hydrogen-bond acceptors (Lipinski definition) is 4. The van der Waals surface area contributed by atoms with Crippen LogP contribution in [0.25, 0.3) is 17.0 Å². The van der Waals surface area contributed by atoms with Gasteiger partial charge < -0.3 is 15.8 Å². The zero-order valence-electron chi connectivity index (χ0n) is 13.7. The van der Waals surface area contributed by atoms with Crippen molar-refractivity contribution in [3.63, 3.8) is 0 Å². The maximum Gasteiger partial charge on any atom is 0.407 e. The number of carbonyl (C=O) groups excluding carboxylic acids is 1. The molecule has 0 spiro atoms. The molecule has 0 aliphatic rings. The van der Waals surface area contributed by atoms with E-state index in [4.69, 9.17) is 10.5 Å². The van der Waals surface area contributed by atoms with Crippen molar-refractivity contribution in [2.45, 2.75) is 13.0 Å². The zero-order chi connectivity index (χ0) is 17.5. The minimum atomic E-state index is -0.411. The van der Waals surface area contributed by atoms with Gasteiger partial charge in [-0.15, -0.1) is 0 Å². The van der Waals surface area contributed by atoms with E-state index in [1.807, 2.05) is 60.7 Å². The van der Waals surface area contributed by atoms with Crippen LogP contribution in [0, 0.1) is 0 Å². The molecule has 6 heteroatoms. The molecule has 0 saturated heterocycles. The number of H-pyrrole nitrogens is 1. The predicted molar refractivity (Wildman–Crippen MR) is 98.8 cm³/mol. The van der Waals surface area contributed by atoms with Crippen molar-refractivity contribution in [3.8, 4) is 0 Å². The molecule has 0 aliphatic carbocycles. The van der Waals surface area contributed by atoms with Gasteiger partial charge in [-0.3, -0.25) is 5.10 Å². The summed E-state index contributed by atoms with van der Waals surface area (Å²) in [5.74, 6) is 0.503. The van der Waals surface area contributed by atoms with E-state index in [9.17, 15) is 4.79 Å². The number of hydrogen-bond donors (Lipinski definition) is 3. The lowest BCUT2D eigenvalue weighted by atomic mass is 10.1. The molecule has 0 atom stereocenters. The highest BCUT2D eigenvalue weighted by molar-refractivity contribution is 5.89. The Balaban J connectivity index is 1.39. The van der Waals surface area contributed by atoms with Gasteiger partial charge in [0.2, 0.25) is 0 Å². The summed E-state index contributed by atoms with van der Waals surface area (Å²) >= 11 is 0. The molecule has 0 fully saturated rings. The quantitative estimate of drug-likeness (QED) is 0.601. The van der Waals surface area contributed by atoms with E-state index in [2.05, 4.69) is 15.5 Å². The largest absolute Gasteiger partial charge is 0.445 e. The highest BCUT2D eigenvalue weighted by Gasteiger charge is 2.02. The lowest BCUT2D eigenvalue weighted by molar-refractivity contribution is 0.140. The fourth-order valence-electron chi connectivity index (χ4n) is 2.41. The number of aromatic amines is 1. The number of benzene rings is 2. The Kier molecular flexibility index (Phi) is 5.31. The van der Waals surface area contributed by atoms with Crippen LogP contribution < -0.4 is 11.1 Å². The molecule has 0 bridgehead atoms. The Hall–Kier alpha value is -3.28. The van der Waals surface area contributed by atoms with Gasteiger partial charge in [-0.05, 0) is 29.7 Å². The van der Waals surface area contributed by atoms with Crippen LogP contribution in [0.2, 0.25) is 0 Å². The Labute approximate surface area is 145 Å². The van der Waals surface area contributed by atoms with Gasteiger partial charge in [0.15, 0.2) is 5.82 Å². The summed E-state index contributed by atoms with van der Waals surface area (Å²) in [6, 6.07) is 15.5. The van der Waals surface area contributed by atoms with Gasteiger partial charge in [0, 0.05) is 11.9 Å². The van der Waals surface area contributed by atoms with Crippen LogP contribution in [0.3, 0.4) is 0 Å². The van der Waals surface area contributed by atoms with Crippen molar-refractivity contribution in [2.24, 2.45) is 0 Å². The van der Waals surface area contributed by atoms with Crippen LogP contribution in [-0.4, -0.2) is 22.8 Å². The van der Waals surface area contributed by atoms with E-state index in [0.29, 0.717) is 18.8 Å². The van der Waals surface area contributed by atoms with E-state index < -0.39 is 6.09 Å². The van der Waals surface area contributed by atoms with Crippen LogP contribution in [0.4, 0.5) is 10.6 Å². The summed E-state index contributed by atoms with van der Waals surface area (Å²) in [5.41, 5.74) is 8.66. The first-order chi connectivity index (χ1) is 12.2. The number of aromatic nitrogens is 2. The van der Waals surface area contributed by atoms with E-state index in [-0.39, 0.29) is 6.61 Å². The molecule has 4 N–H and O–H groups in total. The van der Waals surface area contributed by atoms with Crippen LogP contribution in [-0.2, 0) is 11.3 Å². The van der Waals surface area contributed by atoms with E-state index in [1.54, 1.807) is 0 Å². The van der Waals surface area contributed by atoms with Crippen LogP contribution in [0.1, 0.15) is 17.5 Å². The molecule has 3 rings (SSSR count). The molecule has 0 radical (unpaired) electrons. The molecule has 6 nitrogen and oxygen atoms in total. The van der Waals surface area contributed by atoms with Gasteiger partial charge in [0.05, 0.1) is 5.52 Å².